The molecule has 3 rings (SSSR count). The first-order valence-corrected chi connectivity index (χ1v) is 7.62. The molecule has 1 aromatic carbocycles. The maximum atomic E-state index is 12.1. The number of benzene rings is 1. The lowest BCUT2D eigenvalue weighted by atomic mass is 10.2. The molecule has 2 aromatic heterocycles. The maximum Gasteiger partial charge on any atom is 0.255 e. The fraction of sp³-hybridized carbons (Fsp3) is 0.188. The third kappa shape index (κ3) is 3.78. The van der Waals surface area contributed by atoms with Gasteiger partial charge in [-0.1, -0.05) is 11.6 Å². The summed E-state index contributed by atoms with van der Waals surface area (Å²) in [6.45, 7) is 3.48. The van der Waals surface area contributed by atoms with Gasteiger partial charge in [0.05, 0.1) is 24.6 Å². The number of aromatic nitrogens is 4. The monoisotopic (exact) mass is 329 g/mol. The van der Waals surface area contributed by atoms with Crippen molar-refractivity contribution in [2.75, 3.05) is 5.32 Å². The van der Waals surface area contributed by atoms with Crippen LogP contribution in [0.25, 0.3) is 0 Å². The van der Waals surface area contributed by atoms with Crippen molar-refractivity contribution in [1.82, 2.24) is 19.6 Å². The van der Waals surface area contributed by atoms with Crippen LogP contribution in [0.2, 0.25) is 5.02 Å². The van der Waals surface area contributed by atoms with Crippen LogP contribution in [0, 0.1) is 0 Å². The van der Waals surface area contributed by atoms with E-state index in [1.165, 1.54) is 0 Å². The van der Waals surface area contributed by atoms with E-state index in [9.17, 15) is 4.79 Å². The van der Waals surface area contributed by atoms with Crippen LogP contribution in [0.5, 0.6) is 0 Å². The second-order valence-electron chi connectivity index (χ2n) is 5.09. The Labute approximate surface area is 138 Å². The summed E-state index contributed by atoms with van der Waals surface area (Å²) in [6, 6.07) is 6.74. The molecular formula is C16H16ClN5O. The number of rotatable bonds is 5. The van der Waals surface area contributed by atoms with E-state index in [2.05, 4.69) is 15.5 Å². The fourth-order valence-electron chi connectivity index (χ4n) is 2.17. The number of carbonyl (C=O) groups is 1. The zero-order valence-corrected chi connectivity index (χ0v) is 13.4. The predicted molar refractivity (Wildman–Crippen MR) is 88.6 cm³/mol. The molecule has 0 fully saturated rings. The van der Waals surface area contributed by atoms with Crippen LogP contribution in [-0.4, -0.2) is 25.5 Å². The number of halogens is 1. The van der Waals surface area contributed by atoms with E-state index in [4.69, 9.17) is 11.6 Å². The Morgan fingerprint density at radius 1 is 1.13 bits per heavy atom. The highest BCUT2D eigenvalue weighted by Gasteiger charge is 2.08. The van der Waals surface area contributed by atoms with Gasteiger partial charge in [-0.25, -0.2) is 0 Å². The van der Waals surface area contributed by atoms with E-state index >= 15 is 0 Å². The Hall–Kier alpha value is -2.60. The van der Waals surface area contributed by atoms with Gasteiger partial charge in [0.2, 0.25) is 0 Å². The number of hydrogen-bond acceptors (Lipinski definition) is 3. The SMILES string of the molecule is CCn1cc(Cn2cc(NC(=O)c3ccc(Cl)cc3)cn2)cn1. The molecule has 0 saturated heterocycles. The van der Waals surface area contributed by atoms with Gasteiger partial charge in [-0.2, -0.15) is 10.2 Å². The first kappa shape index (κ1) is 15.3. The molecule has 2 heterocycles. The summed E-state index contributed by atoms with van der Waals surface area (Å²) in [4.78, 5) is 12.1. The summed E-state index contributed by atoms with van der Waals surface area (Å²) in [7, 11) is 0. The Balaban J connectivity index is 1.64. The smallest absolute Gasteiger partial charge is 0.255 e. The van der Waals surface area contributed by atoms with E-state index < -0.39 is 0 Å². The largest absolute Gasteiger partial charge is 0.319 e. The van der Waals surface area contributed by atoms with Crippen molar-refractivity contribution < 1.29 is 4.79 Å². The van der Waals surface area contributed by atoms with Crippen molar-refractivity contribution in [3.8, 4) is 0 Å². The van der Waals surface area contributed by atoms with Gasteiger partial charge < -0.3 is 5.32 Å². The number of nitrogens with zero attached hydrogens (tertiary/aromatic N) is 4. The number of nitrogens with one attached hydrogen (secondary N) is 1. The normalized spacial score (nSPS) is 10.7. The molecule has 6 nitrogen and oxygen atoms in total. The van der Waals surface area contributed by atoms with Crippen LogP contribution in [0.3, 0.4) is 0 Å². The second-order valence-corrected chi connectivity index (χ2v) is 5.53. The van der Waals surface area contributed by atoms with Crippen LogP contribution in [0.4, 0.5) is 5.69 Å². The molecule has 0 atom stereocenters. The predicted octanol–water partition coefficient (Wildman–Crippen LogP) is 3.05. The number of aryl methyl sites for hydroxylation is 1. The molecule has 0 radical (unpaired) electrons. The molecular weight excluding hydrogens is 314 g/mol. The molecule has 1 N–H and O–H groups in total. The van der Waals surface area contributed by atoms with Crippen molar-refractivity contribution in [1.29, 1.82) is 0 Å². The molecule has 118 valence electrons. The van der Waals surface area contributed by atoms with Crippen molar-refractivity contribution in [3.05, 3.63) is 65.2 Å². The molecule has 23 heavy (non-hydrogen) atoms. The molecule has 1 amide bonds. The van der Waals surface area contributed by atoms with Gasteiger partial charge in [0.15, 0.2) is 0 Å². The summed E-state index contributed by atoms with van der Waals surface area (Å²) in [5, 5.41) is 11.9. The molecule has 3 aromatic rings. The van der Waals surface area contributed by atoms with E-state index in [1.54, 1.807) is 41.3 Å². The zero-order valence-electron chi connectivity index (χ0n) is 12.6. The highest BCUT2D eigenvalue weighted by atomic mass is 35.5. The van der Waals surface area contributed by atoms with E-state index in [-0.39, 0.29) is 5.91 Å². The molecule has 0 aliphatic carbocycles. The van der Waals surface area contributed by atoms with Crippen LogP contribution >= 0.6 is 11.6 Å². The summed E-state index contributed by atoms with van der Waals surface area (Å²) in [5.74, 6) is -0.194. The van der Waals surface area contributed by atoms with E-state index in [1.807, 2.05) is 24.0 Å². The van der Waals surface area contributed by atoms with Crippen LogP contribution in [-0.2, 0) is 13.1 Å². The molecule has 7 heteroatoms. The lowest BCUT2D eigenvalue weighted by molar-refractivity contribution is 0.102. The summed E-state index contributed by atoms with van der Waals surface area (Å²) < 4.78 is 3.62. The first-order valence-electron chi connectivity index (χ1n) is 7.25. The Morgan fingerprint density at radius 2 is 1.87 bits per heavy atom. The third-order valence-electron chi connectivity index (χ3n) is 3.35. The van der Waals surface area contributed by atoms with Crippen LogP contribution in [0.1, 0.15) is 22.8 Å². The summed E-state index contributed by atoms with van der Waals surface area (Å²) >= 11 is 5.82. The lowest BCUT2D eigenvalue weighted by Gasteiger charge is -2.02. The number of anilines is 1. The minimum Gasteiger partial charge on any atom is -0.319 e. The van der Waals surface area contributed by atoms with Gasteiger partial charge in [-0.15, -0.1) is 0 Å². The molecule has 0 saturated carbocycles. The lowest BCUT2D eigenvalue weighted by Crippen LogP contribution is -2.11. The molecule has 0 bridgehead atoms. The topological polar surface area (TPSA) is 64.7 Å². The van der Waals surface area contributed by atoms with Crippen molar-refractivity contribution in [2.24, 2.45) is 0 Å². The highest BCUT2D eigenvalue weighted by Crippen LogP contribution is 2.13. The number of hydrogen-bond donors (Lipinski definition) is 1. The van der Waals surface area contributed by atoms with Gasteiger partial charge in [-0.05, 0) is 31.2 Å². The quantitative estimate of drug-likeness (QED) is 0.782. The molecule has 0 aliphatic rings. The first-order chi connectivity index (χ1) is 11.1. The number of amides is 1. The van der Waals surface area contributed by atoms with Crippen LogP contribution in [0.15, 0.2) is 49.1 Å². The van der Waals surface area contributed by atoms with E-state index in [0.29, 0.717) is 22.8 Å². The Morgan fingerprint density at radius 3 is 2.57 bits per heavy atom. The van der Waals surface area contributed by atoms with Crippen molar-refractivity contribution >= 4 is 23.2 Å². The zero-order chi connectivity index (χ0) is 16.2. The second kappa shape index (κ2) is 6.66. The molecule has 0 aliphatic heterocycles. The average molecular weight is 330 g/mol. The molecule has 0 spiro atoms. The van der Waals surface area contributed by atoms with Gasteiger partial charge in [-0.3, -0.25) is 14.2 Å². The van der Waals surface area contributed by atoms with Crippen molar-refractivity contribution in [3.63, 3.8) is 0 Å². The highest BCUT2D eigenvalue weighted by molar-refractivity contribution is 6.30. The minimum atomic E-state index is -0.194. The Bertz CT molecular complexity index is 806. The summed E-state index contributed by atoms with van der Waals surface area (Å²) in [6.07, 6.45) is 7.21. The Kier molecular flexibility index (Phi) is 4.43. The van der Waals surface area contributed by atoms with Gasteiger partial charge >= 0.3 is 0 Å². The van der Waals surface area contributed by atoms with Gasteiger partial charge in [0.1, 0.15) is 0 Å². The fourth-order valence-corrected chi connectivity index (χ4v) is 2.29. The maximum absolute atomic E-state index is 12.1. The standard InChI is InChI=1S/C16H16ClN5O/c1-2-21-9-12(7-18-21)10-22-11-15(8-19-22)20-16(23)13-3-5-14(17)6-4-13/h3-9,11H,2,10H2,1H3,(H,20,23). The minimum absolute atomic E-state index is 0.194. The van der Waals surface area contributed by atoms with E-state index in [0.717, 1.165) is 12.1 Å². The van der Waals surface area contributed by atoms with Gasteiger partial charge in [0, 0.05) is 35.1 Å². The molecule has 0 unspecified atom stereocenters. The van der Waals surface area contributed by atoms with Gasteiger partial charge in [0.25, 0.3) is 5.91 Å². The summed E-state index contributed by atoms with van der Waals surface area (Å²) in [5.41, 5.74) is 2.25. The average Bonchev–Trinajstić information content (AvgIpc) is 3.17. The van der Waals surface area contributed by atoms with Crippen molar-refractivity contribution in [2.45, 2.75) is 20.0 Å². The third-order valence-corrected chi connectivity index (χ3v) is 3.60. The number of carbonyl (C=O) groups excluding carboxylic acids is 1. The van der Waals surface area contributed by atoms with Crippen LogP contribution < -0.4 is 5.32 Å².